The molecule has 0 spiro atoms. The van der Waals surface area contributed by atoms with Crippen molar-refractivity contribution in [1.29, 1.82) is 0 Å². The first kappa shape index (κ1) is 25.4. The number of sulfonamides is 1. The third-order valence-electron chi connectivity index (χ3n) is 5.47. The molecule has 0 atom stereocenters. The maximum absolute atomic E-state index is 13.1. The molecular formula is C25H20FN3O7S2. The number of halogens is 1. The van der Waals surface area contributed by atoms with E-state index in [-0.39, 0.29) is 40.9 Å². The number of rotatable bonds is 7. The SMILES string of the molecule is CCOC(=O)Cn1c(=NC(=O)c2ccc(NS(=O)(=O)c3ccc(F)cc3)cc2)sc2cc3c(cc21)OCO3. The summed E-state index contributed by atoms with van der Waals surface area (Å²) in [5, 5.41) is 0. The van der Waals surface area contributed by atoms with Crippen molar-refractivity contribution in [3.05, 3.63) is 76.8 Å². The first-order valence-electron chi connectivity index (χ1n) is 11.3. The van der Waals surface area contributed by atoms with Gasteiger partial charge in [-0.3, -0.25) is 14.3 Å². The second-order valence-corrected chi connectivity index (χ2v) is 10.7. The predicted octanol–water partition coefficient (Wildman–Crippen LogP) is 3.68. The van der Waals surface area contributed by atoms with Crippen molar-refractivity contribution in [2.75, 3.05) is 18.1 Å². The van der Waals surface area contributed by atoms with Crippen LogP contribution in [0.5, 0.6) is 11.5 Å². The number of fused-ring (bicyclic) bond motifs is 2. The molecule has 1 aliphatic heterocycles. The molecule has 0 aliphatic carbocycles. The molecule has 1 N–H and O–H groups in total. The van der Waals surface area contributed by atoms with Crippen LogP contribution in [-0.4, -0.2) is 38.3 Å². The number of carbonyl (C=O) groups is 2. The summed E-state index contributed by atoms with van der Waals surface area (Å²) in [7, 11) is -3.94. The van der Waals surface area contributed by atoms with E-state index in [0.717, 1.165) is 29.0 Å². The highest BCUT2D eigenvalue weighted by molar-refractivity contribution is 7.92. The molecule has 5 rings (SSSR count). The van der Waals surface area contributed by atoms with Crippen molar-refractivity contribution in [2.45, 2.75) is 18.4 Å². The molecule has 3 aromatic carbocycles. The summed E-state index contributed by atoms with van der Waals surface area (Å²) < 4.78 is 58.8. The fourth-order valence-electron chi connectivity index (χ4n) is 3.69. The van der Waals surface area contributed by atoms with Crippen LogP contribution in [0.15, 0.2) is 70.6 Å². The molecule has 38 heavy (non-hydrogen) atoms. The Labute approximate surface area is 220 Å². The maximum Gasteiger partial charge on any atom is 0.326 e. The van der Waals surface area contributed by atoms with Crippen molar-refractivity contribution >= 4 is 49.1 Å². The minimum absolute atomic E-state index is 0.0935. The number of ether oxygens (including phenoxy) is 3. The highest BCUT2D eigenvalue weighted by atomic mass is 32.2. The van der Waals surface area contributed by atoms with Crippen LogP contribution in [-0.2, 0) is 26.1 Å². The highest BCUT2D eigenvalue weighted by Gasteiger charge is 2.20. The lowest BCUT2D eigenvalue weighted by Crippen LogP contribution is -2.23. The molecule has 1 aliphatic rings. The molecule has 2 heterocycles. The molecule has 0 radical (unpaired) electrons. The molecule has 0 fully saturated rings. The van der Waals surface area contributed by atoms with Crippen molar-refractivity contribution in [3.63, 3.8) is 0 Å². The zero-order valence-electron chi connectivity index (χ0n) is 19.8. The zero-order chi connectivity index (χ0) is 26.9. The molecular weight excluding hydrogens is 537 g/mol. The minimum atomic E-state index is -3.94. The number of amides is 1. The van der Waals surface area contributed by atoms with Gasteiger partial charge in [0, 0.05) is 23.4 Å². The number of benzene rings is 3. The number of hydrogen-bond acceptors (Lipinski definition) is 8. The predicted molar refractivity (Wildman–Crippen MR) is 136 cm³/mol. The molecule has 10 nitrogen and oxygen atoms in total. The Balaban J connectivity index is 1.43. The van der Waals surface area contributed by atoms with Crippen LogP contribution in [0.2, 0.25) is 0 Å². The monoisotopic (exact) mass is 557 g/mol. The summed E-state index contributed by atoms with van der Waals surface area (Å²) in [6.45, 7) is 1.83. The molecule has 0 unspecified atom stereocenters. The lowest BCUT2D eigenvalue weighted by atomic mass is 10.2. The molecule has 1 amide bonds. The quantitative estimate of drug-likeness (QED) is 0.344. The van der Waals surface area contributed by atoms with Crippen LogP contribution >= 0.6 is 11.3 Å². The van der Waals surface area contributed by atoms with Gasteiger partial charge < -0.3 is 18.8 Å². The number of carbonyl (C=O) groups excluding carboxylic acids is 2. The van der Waals surface area contributed by atoms with E-state index >= 15 is 0 Å². The highest BCUT2D eigenvalue weighted by Crippen LogP contribution is 2.37. The molecule has 0 bridgehead atoms. The van der Waals surface area contributed by atoms with Crippen LogP contribution in [0.4, 0.5) is 10.1 Å². The van der Waals surface area contributed by atoms with Gasteiger partial charge in [-0.05, 0) is 55.5 Å². The Morgan fingerprint density at radius 3 is 2.45 bits per heavy atom. The largest absolute Gasteiger partial charge is 0.465 e. The summed E-state index contributed by atoms with van der Waals surface area (Å²) in [5.74, 6) is -0.565. The minimum Gasteiger partial charge on any atom is -0.465 e. The normalized spacial score (nSPS) is 13.1. The van der Waals surface area contributed by atoms with E-state index in [9.17, 15) is 22.4 Å². The summed E-state index contributed by atoms with van der Waals surface area (Å²) in [6, 6.07) is 13.6. The maximum atomic E-state index is 13.1. The van der Waals surface area contributed by atoms with E-state index < -0.39 is 27.7 Å². The van der Waals surface area contributed by atoms with Crippen LogP contribution in [0, 0.1) is 5.82 Å². The van der Waals surface area contributed by atoms with E-state index in [1.807, 2.05) is 0 Å². The summed E-state index contributed by atoms with van der Waals surface area (Å²) >= 11 is 1.20. The third-order valence-corrected chi connectivity index (χ3v) is 7.91. The lowest BCUT2D eigenvalue weighted by Gasteiger charge is -2.08. The van der Waals surface area contributed by atoms with Gasteiger partial charge in [0.05, 0.1) is 21.7 Å². The van der Waals surface area contributed by atoms with Crippen LogP contribution in [0.1, 0.15) is 17.3 Å². The standard InChI is InChI=1S/C25H20FN3O7S2/c1-2-34-23(30)13-29-19-11-20-21(36-14-35-20)12-22(19)37-25(29)27-24(31)15-3-7-17(8-4-15)28-38(32,33)18-9-5-16(26)6-10-18/h3-12,28H,2,13-14H2,1H3. The van der Waals surface area contributed by atoms with Gasteiger partial charge in [0.25, 0.3) is 15.9 Å². The Morgan fingerprint density at radius 2 is 1.76 bits per heavy atom. The number of nitrogens with zero attached hydrogens (tertiary/aromatic N) is 2. The van der Waals surface area contributed by atoms with Gasteiger partial charge >= 0.3 is 5.97 Å². The first-order valence-corrected chi connectivity index (χ1v) is 13.6. The van der Waals surface area contributed by atoms with Gasteiger partial charge in [-0.25, -0.2) is 12.8 Å². The summed E-state index contributed by atoms with van der Waals surface area (Å²) in [6.07, 6.45) is 0. The fourth-order valence-corrected chi connectivity index (χ4v) is 5.79. The average Bonchev–Trinajstić information content (AvgIpc) is 3.47. The molecule has 0 saturated heterocycles. The van der Waals surface area contributed by atoms with E-state index in [1.165, 1.54) is 35.6 Å². The van der Waals surface area contributed by atoms with Crippen LogP contribution < -0.4 is 19.0 Å². The van der Waals surface area contributed by atoms with Gasteiger partial charge in [0.1, 0.15) is 12.4 Å². The van der Waals surface area contributed by atoms with Crippen molar-refractivity contribution < 1.29 is 36.6 Å². The molecule has 0 saturated carbocycles. The third kappa shape index (κ3) is 5.24. The van der Waals surface area contributed by atoms with E-state index in [4.69, 9.17) is 14.2 Å². The van der Waals surface area contributed by atoms with E-state index in [2.05, 4.69) is 9.71 Å². The first-order chi connectivity index (χ1) is 18.2. The van der Waals surface area contributed by atoms with Crippen molar-refractivity contribution in [2.24, 2.45) is 4.99 Å². The van der Waals surface area contributed by atoms with Crippen LogP contribution in [0.3, 0.4) is 0 Å². The number of nitrogens with one attached hydrogen (secondary N) is 1. The van der Waals surface area contributed by atoms with Crippen molar-refractivity contribution in [3.8, 4) is 11.5 Å². The number of hydrogen-bond donors (Lipinski definition) is 1. The Bertz CT molecular complexity index is 1710. The van der Waals surface area contributed by atoms with Gasteiger partial charge in [0.15, 0.2) is 16.3 Å². The topological polar surface area (TPSA) is 125 Å². The smallest absolute Gasteiger partial charge is 0.326 e. The number of thiazole rings is 1. The Kier molecular flexibility index (Phi) is 6.87. The number of esters is 1. The molecule has 13 heteroatoms. The molecule has 4 aromatic rings. The Morgan fingerprint density at radius 1 is 1.08 bits per heavy atom. The summed E-state index contributed by atoms with van der Waals surface area (Å²) in [4.78, 5) is 29.6. The van der Waals surface area contributed by atoms with Crippen molar-refractivity contribution in [1.82, 2.24) is 4.57 Å². The Hall–Kier alpha value is -4.23. The number of aromatic nitrogens is 1. The molecule has 196 valence electrons. The summed E-state index contributed by atoms with van der Waals surface area (Å²) in [5.41, 5.74) is 1.04. The lowest BCUT2D eigenvalue weighted by molar-refractivity contribution is -0.143. The second-order valence-electron chi connectivity index (χ2n) is 8.00. The van der Waals surface area contributed by atoms with E-state index in [0.29, 0.717) is 17.0 Å². The number of anilines is 1. The zero-order valence-corrected chi connectivity index (χ0v) is 21.5. The van der Waals surface area contributed by atoms with Gasteiger partial charge in [-0.1, -0.05) is 11.3 Å². The second kappa shape index (κ2) is 10.3. The van der Waals surface area contributed by atoms with Gasteiger partial charge in [-0.2, -0.15) is 4.99 Å². The van der Waals surface area contributed by atoms with Crippen LogP contribution in [0.25, 0.3) is 10.2 Å². The fraction of sp³-hybridized carbons (Fsp3) is 0.160. The van der Waals surface area contributed by atoms with Gasteiger partial charge in [-0.15, -0.1) is 0 Å². The van der Waals surface area contributed by atoms with Gasteiger partial charge in [0.2, 0.25) is 6.79 Å². The van der Waals surface area contributed by atoms with E-state index in [1.54, 1.807) is 23.6 Å². The average molecular weight is 558 g/mol. The molecule has 1 aromatic heterocycles.